The standard InChI is InChI=1S/C26H27N3O3/c1-2-15-29(20-25-7-5-18-31-25)26(30)21-8-10-23(11-9-21)32-24-12-16-28(17-13-24)19-22-6-3-4-14-27-22/h1,3-11,14,18,24H,12-13,15-17,19-20H2. The molecule has 3 aromatic rings. The van der Waals surface area contributed by atoms with Crippen molar-refractivity contribution >= 4 is 5.91 Å². The maximum Gasteiger partial charge on any atom is 0.255 e. The Kier molecular flexibility index (Phi) is 7.21. The minimum Gasteiger partial charge on any atom is -0.490 e. The van der Waals surface area contributed by atoms with Crippen molar-refractivity contribution in [1.82, 2.24) is 14.8 Å². The summed E-state index contributed by atoms with van der Waals surface area (Å²) in [5.41, 5.74) is 1.67. The van der Waals surface area contributed by atoms with Gasteiger partial charge in [-0.05, 0) is 61.4 Å². The fraction of sp³-hybridized carbons (Fsp3) is 0.308. The predicted octanol–water partition coefficient (Wildman–Crippen LogP) is 3.99. The average molecular weight is 430 g/mol. The van der Waals surface area contributed by atoms with Crippen molar-refractivity contribution in [3.05, 3.63) is 84.1 Å². The van der Waals surface area contributed by atoms with Crippen LogP contribution in [0.25, 0.3) is 0 Å². The van der Waals surface area contributed by atoms with Gasteiger partial charge in [0.1, 0.15) is 17.6 Å². The number of likely N-dealkylation sites (tertiary alicyclic amines) is 1. The van der Waals surface area contributed by atoms with Gasteiger partial charge in [0.15, 0.2) is 0 Å². The Morgan fingerprint density at radius 1 is 1.16 bits per heavy atom. The summed E-state index contributed by atoms with van der Waals surface area (Å²) in [6.45, 7) is 3.38. The molecule has 0 aliphatic carbocycles. The van der Waals surface area contributed by atoms with E-state index in [2.05, 4.69) is 21.9 Å². The summed E-state index contributed by atoms with van der Waals surface area (Å²) in [4.78, 5) is 21.3. The zero-order valence-electron chi connectivity index (χ0n) is 18.0. The number of nitrogens with zero attached hydrogens (tertiary/aromatic N) is 3. The van der Waals surface area contributed by atoms with Gasteiger partial charge in [0.05, 0.1) is 25.0 Å². The number of piperidine rings is 1. The third-order valence-corrected chi connectivity index (χ3v) is 5.55. The molecule has 32 heavy (non-hydrogen) atoms. The zero-order valence-corrected chi connectivity index (χ0v) is 18.0. The van der Waals surface area contributed by atoms with Gasteiger partial charge in [0.25, 0.3) is 5.91 Å². The molecule has 1 amide bonds. The normalized spacial score (nSPS) is 14.6. The van der Waals surface area contributed by atoms with Crippen molar-refractivity contribution < 1.29 is 13.9 Å². The van der Waals surface area contributed by atoms with E-state index in [1.807, 2.05) is 36.5 Å². The van der Waals surface area contributed by atoms with Crippen molar-refractivity contribution in [1.29, 1.82) is 0 Å². The lowest BCUT2D eigenvalue weighted by atomic mass is 10.1. The molecule has 6 heteroatoms. The molecule has 1 fully saturated rings. The van der Waals surface area contributed by atoms with Crippen LogP contribution in [0.3, 0.4) is 0 Å². The lowest BCUT2D eigenvalue weighted by molar-refractivity contribution is 0.0755. The number of pyridine rings is 1. The third-order valence-electron chi connectivity index (χ3n) is 5.55. The van der Waals surface area contributed by atoms with Crippen LogP contribution >= 0.6 is 0 Å². The van der Waals surface area contributed by atoms with E-state index in [1.54, 1.807) is 29.4 Å². The van der Waals surface area contributed by atoms with E-state index in [0.717, 1.165) is 43.9 Å². The monoisotopic (exact) mass is 429 g/mol. The molecule has 164 valence electrons. The van der Waals surface area contributed by atoms with E-state index in [4.69, 9.17) is 15.6 Å². The van der Waals surface area contributed by atoms with Gasteiger partial charge in [0.2, 0.25) is 0 Å². The van der Waals surface area contributed by atoms with Crippen molar-refractivity contribution in [2.24, 2.45) is 0 Å². The SMILES string of the molecule is C#CCN(Cc1ccco1)C(=O)c1ccc(OC2CCN(Cc3ccccn3)CC2)cc1. The lowest BCUT2D eigenvalue weighted by Gasteiger charge is -2.32. The Labute approximate surface area is 188 Å². The molecule has 1 aliphatic rings. The summed E-state index contributed by atoms with van der Waals surface area (Å²) in [6.07, 6.45) is 11.0. The molecule has 2 aromatic heterocycles. The van der Waals surface area contributed by atoms with E-state index < -0.39 is 0 Å². The maximum atomic E-state index is 12.9. The Bertz CT molecular complexity index is 1020. The van der Waals surface area contributed by atoms with Gasteiger partial charge in [-0.3, -0.25) is 14.7 Å². The highest BCUT2D eigenvalue weighted by Gasteiger charge is 2.21. The summed E-state index contributed by atoms with van der Waals surface area (Å²) >= 11 is 0. The van der Waals surface area contributed by atoms with Crippen LogP contribution in [0.1, 0.15) is 34.7 Å². The summed E-state index contributed by atoms with van der Waals surface area (Å²) in [5.74, 6) is 3.89. The van der Waals surface area contributed by atoms with Crippen LogP contribution in [-0.2, 0) is 13.1 Å². The maximum absolute atomic E-state index is 12.9. The highest BCUT2D eigenvalue weighted by molar-refractivity contribution is 5.94. The van der Waals surface area contributed by atoms with E-state index in [1.165, 1.54) is 0 Å². The van der Waals surface area contributed by atoms with E-state index >= 15 is 0 Å². The number of amides is 1. The second kappa shape index (κ2) is 10.7. The number of hydrogen-bond acceptors (Lipinski definition) is 5. The van der Waals surface area contributed by atoms with Gasteiger partial charge in [0, 0.05) is 31.4 Å². The molecular weight excluding hydrogens is 402 g/mol. The Morgan fingerprint density at radius 3 is 2.62 bits per heavy atom. The smallest absolute Gasteiger partial charge is 0.255 e. The first-order valence-corrected chi connectivity index (χ1v) is 10.9. The molecule has 0 atom stereocenters. The average Bonchev–Trinajstić information content (AvgIpc) is 3.34. The molecule has 0 bridgehead atoms. The van der Waals surface area contributed by atoms with Crippen molar-refractivity contribution in [3.8, 4) is 18.1 Å². The van der Waals surface area contributed by atoms with Crippen LogP contribution in [0.15, 0.2) is 71.5 Å². The summed E-state index contributed by atoms with van der Waals surface area (Å²) in [5, 5.41) is 0. The molecule has 1 aromatic carbocycles. The minimum atomic E-state index is -0.131. The number of ether oxygens (including phenoxy) is 1. The van der Waals surface area contributed by atoms with Gasteiger partial charge in [-0.15, -0.1) is 6.42 Å². The topological polar surface area (TPSA) is 58.8 Å². The molecular formula is C26H27N3O3. The highest BCUT2D eigenvalue weighted by atomic mass is 16.5. The number of benzene rings is 1. The van der Waals surface area contributed by atoms with Crippen LogP contribution in [0, 0.1) is 12.3 Å². The van der Waals surface area contributed by atoms with E-state index in [9.17, 15) is 4.79 Å². The van der Waals surface area contributed by atoms with Gasteiger partial charge < -0.3 is 14.1 Å². The summed E-state index contributed by atoms with van der Waals surface area (Å²) in [7, 11) is 0. The second-order valence-electron chi connectivity index (χ2n) is 7.88. The Hall–Kier alpha value is -3.56. The first-order chi connectivity index (χ1) is 15.7. The fourth-order valence-electron chi connectivity index (χ4n) is 3.86. The Morgan fingerprint density at radius 2 is 1.97 bits per heavy atom. The van der Waals surface area contributed by atoms with Crippen molar-refractivity contribution in [2.45, 2.75) is 32.0 Å². The Balaban J connectivity index is 1.29. The molecule has 0 radical (unpaired) electrons. The number of aromatic nitrogens is 1. The zero-order chi connectivity index (χ0) is 22.2. The first-order valence-electron chi connectivity index (χ1n) is 10.9. The largest absolute Gasteiger partial charge is 0.490 e. The number of furan rings is 1. The first kappa shape index (κ1) is 21.7. The molecule has 0 N–H and O–H groups in total. The van der Waals surface area contributed by atoms with Gasteiger partial charge in [-0.25, -0.2) is 0 Å². The third kappa shape index (κ3) is 5.77. The van der Waals surface area contributed by atoms with Crippen molar-refractivity contribution in [3.63, 3.8) is 0 Å². The molecule has 0 unspecified atom stereocenters. The minimum absolute atomic E-state index is 0.131. The van der Waals surface area contributed by atoms with Gasteiger partial charge in [-0.2, -0.15) is 0 Å². The highest BCUT2D eigenvalue weighted by Crippen LogP contribution is 2.21. The van der Waals surface area contributed by atoms with Crippen LogP contribution in [0.5, 0.6) is 5.75 Å². The van der Waals surface area contributed by atoms with Crippen LogP contribution in [-0.4, -0.2) is 46.4 Å². The van der Waals surface area contributed by atoms with Crippen LogP contribution < -0.4 is 4.74 Å². The van der Waals surface area contributed by atoms with Gasteiger partial charge in [-0.1, -0.05) is 12.0 Å². The van der Waals surface area contributed by atoms with Crippen LogP contribution in [0.2, 0.25) is 0 Å². The predicted molar refractivity (Wildman–Crippen MR) is 122 cm³/mol. The number of hydrogen-bond donors (Lipinski definition) is 0. The molecule has 3 heterocycles. The molecule has 0 saturated carbocycles. The molecule has 6 nitrogen and oxygen atoms in total. The quantitative estimate of drug-likeness (QED) is 0.507. The number of carbonyl (C=O) groups is 1. The van der Waals surface area contributed by atoms with E-state index in [0.29, 0.717) is 17.9 Å². The molecule has 4 rings (SSSR count). The molecule has 1 saturated heterocycles. The summed E-state index contributed by atoms with van der Waals surface area (Å²) < 4.78 is 11.5. The second-order valence-corrected chi connectivity index (χ2v) is 7.88. The van der Waals surface area contributed by atoms with Crippen molar-refractivity contribution in [2.75, 3.05) is 19.6 Å². The number of rotatable bonds is 8. The van der Waals surface area contributed by atoms with E-state index in [-0.39, 0.29) is 18.6 Å². The number of terminal acetylenes is 1. The number of carbonyl (C=O) groups excluding carboxylic acids is 1. The van der Waals surface area contributed by atoms with Crippen LogP contribution in [0.4, 0.5) is 0 Å². The fourth-order valence-corrected chi connectivity index (χ4v) is 3.86. The summed E-state index contributed by atoms with van der Waals surface area (Å²) in [6, 6.07) is 16.9. The lowest BCUT2D eigenvalue weighted by Crippen LogP contribution is -2.38. The molecule has 0 spiro atoms. The van der Waals surface area contributed by atoms with Gasteiger partial charge >= 0.3 is 0 Å². The molecule has 1 aliphatic heterocycles.